The predicted octanol–water partition coefficient (Wildman–Crippen LogP) is 3.47. The lowest BCUT2D eigenvalue weighted by Crippen LogP contribution is -2.40. The maximum Gasteiger partial charge on any atom is 0.337 e. The highest BCUT2D eigenvalue weighted by Crippen LogP contribution is 2.30. The number of para-hydroxylation sites is 1. The standard InChI is InChI=1S/C23H21ClN4O3/c1-31-19-5-3-2-4-16(19)13-26-14-25-21-20(26)22(29)27(12-15-6-7-15)23(30)28(21)18-10-8-17(24)9-11-18/h2-5,8-11,14-15H,6-7,12-13H2,1H3. The molecule has 1 aliphatic rings. The number of methoxy groups -OCH3 is 1. The van der Waals surface area contributed by atoms with E-state index in [1.807, 2.05) is 24.3 Å². The fraction of sp³-hybridized carbons (Fsp3) is 0.261. The summed E-state index contributed by atoms with van der Waals surface area (Å²) in [6, 6.07) is 14.6. The number of imidazole rings is 1. The maximum absolute atomic E-state index is 13.4. The number of halogens is 1. The van der Waals surface area contributed by atoms with Gasteiger partial charge in [-0.3, -0.25) is 9.36 Å². The summed E-state index contributed by atoms with van der Waals surface area (Å²) in [6.07, 6.45) is 3.67. The van der Waals surface area contributed by atoms with E-state index in [-0.39, 0.29) is 11.2 Å². The zero-order chi connectivity index (χ0) is 21.5. The topological polar surface area (TPSA) is 71.1 Å². The number of hydrogen-bond acceptors (Lipinski definition) is 4. The quantitative estimate of drug-likeness (QED) is 0.464. The van der Waals surface area contributed by atoms with Gasteiger partial charge in [-0.25, -0.2) is 14.3 Å². The summed E-state index contributed by atoms with van der Waals surface area (Å²) in [4.78, 5) is 31.2. The molecule has 1 saturated carbocycles. The van der Waals surface area contributed by atoms with Crippen LogP contribution in [-0.4, -0.2) is 25.8 Å². The van der Waals surface area contributed by atoms with Crippen molar-refractivity contribution < 1.29 is 4.74 Å². The van der Waals surface area contributed by atoms with Gasteiger partial charge in [-0.15, -0.1) is 0 Å². The van der Waals surface area contributed by atoms with Crippen molar-refractivity contribution in [3.8, 4) is 11.4 Å². The Kier molecular flexibility index (Phi) is 4.90. The Balaban J connectivity index is 1.74. The van der Waals surface area contributed by atoms with E-state index in [2.05, 4.69) is 4.98 Å². The number of benzene rings is 2. The molecule has 0 bridgehead atoms. The molecule has 7 nitrogen and oxygen atoms in total. The summed E-state index contributed by atoms with van der Waals surface area (Å²) >= 11 is 6.04. The van der Waals surface area contributed by atoms with Crippen molar-refractivity contribution in [3.63, 3.8) is 0 Å². The van der Waals surface area contributed by atoms with Gasteiger partial charge >= 0.3 is 5.69 Å². The minimum Gasteiger partial charge on any atom is -0.496 e. The van der Waals surface area contributed by atoms with Crippen molar-refractivity contribution in [2.45, 2.75) is 25.9 Å². The van der Waals surface area contributed by atoms with Crippen LogP contribution in [0.2, 0.25) is 5.02 Å². The van der Waals surface area contributed by atoms with E-state index >= 15 is 0 Å². The van der Waals surface area contributed by atoms with Crippen LogP contribution in [0.3, 0.4) is 0 Å². The largest absolute Gasteiger partial charge is 0.496 e. The van der Waals surface area contributed by atoms with Crippen LogP contribution < -0.4 is 16.0 Å². The molecular weight excluding hydrogens is 416 g/mol. The van der Waals surface area contributed by atoms with Crippen molar-refractivity contribution in [3.05, 3.63) is 86.3 Å². The molecule has 0 aliphatic heterocycles. The van der Waals surface area contributed by atoms with E-state index in [1.54, 1.807) is 42.3 Å². The Morgan fingerprint density at radius 2 is 1.84 bits per heavy atom. The van der Waals surface area contributed by atoms with Gasteiger partial charge in [0.15, 0.2) is 11.2 Å². The van der Waals surface area contributed by atoms with Gasteiger partial charge in [-0.1, -0.05) is 29.8 Å². The average molecular weight is 437 g/mol. The predicted molar refractivity (Wildman–Crippen MR) is 119 cm³/mol. The van der Waals surface area contributed by atoms with Crippen LogP contribution in [0.15, 0.2) is 64.4 Å². The van der Waals surface area contributed by atoms with Crippen LogP contribution in [0.1, 0.15) is 18.4 Å². The van der Waals surface area contributed by atoms with Crippen LogP contribution in [-0.2, 0) is 13.1 Å². The fourth-order valence-corrected chi connectivity index (χ4v) is 3.99. The first-order valence-corrected chi connectivity index (χ1v) is 10.5. The first kappa shape index (κ1) is 19.6. The summed E-state index contributed by atoms with van der Waals surface area (Å²) in [6.45, 7) is 0.818. The molecule has 2 aromatic carbocycles. The molecule has 0 amide bonds. The van der Waals surface area contributed by atoms with Crippen molar-refractivity contribution in [1.82, 2.24) is 18.7 Å². The van der Waals surface area contributed by atoms with E-state index in [4.69, 9.17) is 16.3 Å². The van der Waals surface area contributed by atoms with E-state index in [1.165, 1.54) is 9.13 Å². The van der Waals surface area contributed by atoms with Gasteiger partial charge < -0.3 is 9.30 Å². The normalized spacial score (nSPS) is 13.6. The van der Waals surface area contributed by atoms with Crippen molar-refractivity contribution >= 4 is 22.8 Å². The number of fused-ring (bicyclic) bond motifs is 1. The molecule has 158 valence electrons. The molecule has 0 atom stereocenters. The van der Waals surface area contributed by atoms with Gasteiger partial charge in [0.1, 0.15) is 5.75 Å². The summed E-state index contributed by atoms with van der Waals surface area (Å²) < 4.78 is 10.1. The Morgan fingerprint density at radius 3 is 2.55 bits per heavy atom. The van der Waals surface area contributed by atoms with Crippen LogP contribution >= 0.6 is 11.6 Å². The first-order chi connectivity index (χ1) is 15.1. The minimum atomic E-state index is -0.380. The third-order valence-electron chi connectivity index (χ3n) is 5.66. The van der Waals surface area contributed by atoms with Gasteiger partial charge in [0, 0.05) is 17.1 Å². The lowest BCUT2D eigenvalue weighted by molar-refractivity contribution is 0.408. The minimum absolute atomic E-state index is 0.315. The SMILES string of the molecule is COc1ccccc1Cn1cnc2c1c(=O)n(CC1CC1)c(=O)n2-c1ccc(Cl)cc1. The second-order valence-corrected chi connectivity index (χ2v) is 8.25. The van der Waals surface area contributed by atoms with Gasteiger partial charge in [0.25, 0.3) is 5.56 Å². The highest BCUT2D eigenvalue weighted by molar-refractivity contribution is 6.30. The second-order valence-electron chi connectivity index (χ2n) is 7.81. The lowest BCUT2D eigenvalue weighted by atomic mass is 10.2. The molecule has 0 spiro atoms. The van der Waals surface area contributed by atoms with E-state index in [9.17, 15) is 9.59 Å². The van der Waals surface area contributed by atoms with Crippen LogP contribution in [0, 0.1) is 5.92 Å². The number of nitrogens with zero attached hydrogens (tertiary/aromatic N) is 4. The molecule has 0 radical (unpaired) electrons. The maximum atomic E-state index is 13.4. The molecule has 8 heteroatoms. The summed E-state index contributed by atoms with van der Waals surface area (Å²) in [5.41, 5.74) is 1.56. The molecule has 2 aromatic heterocycles. The molecule has 0 saturated heterocycles. The van der Waals surface area contributed by atoms with Crippen LogP contribution in [0.4, 0.5) is 0 Å². The summed E-state index contributed by atoms with van der Waals surface area (Å²) in [7, 11) is 1.62. The van der Waals surface area contributed by atoms with Crippen LogP contribution in [0.5, 0.6) is 5.75 Å². The molecule has 4 aromatic rings. The van der Waals surface area contributed by atoms with Gasteiger partial charge in [0.05, 0.1) is 25.7 Å². The monoisotopic (exact) mass is 436 g/mol. The molecule has 31 heavy (non-hydrogen) atoms. The average Bonchev–Trinajstić information content (AvgIpc) is 3.51. The first-order valence-electron chi connectivity index (χ1n) is 10.2. The fourth-order valence-electron chi connectivity index (χ4n) is 3.86. The Bertz CT molecular complexity index is 1380. The zero-order valence-electron chi connectivity index (χ0n) is 17.0. The van der Waals surface area contributed by atoms with Crippen molar-refractivity contribution in [1.29, 1.82) is 0 Å². The number of ether oxygens (including phenoxy) is 1. The molecule has 1 fully saturated rings. The Hall–Kier alpha value is -3.32. The number of rotatable bonds is 6. The van der Waals surface area contributed by atoms with Crippen LogP contribution in [0.25, 0.3) is 16.9 Å². The molecular formula is C23H21ClN4O3. The number of hydrogen-bond donors (Lipinski definition) is 0. The van der Waals surface area contributed by atoms with Gasteiger partial charge in [0.2, 0.25) is 0 Å². The van der Waals surface area contributed by atoms with E-state index in [0.717, 1.165) is 24.2 Å². The molecule has 0 N–H and O–H groups in total. The molecule has 1 aliphatic carbocycles. The van der Waals surface area contributed by atoms with Gasteiger partial charge in [-0.05, 0) is 49.1 Å². The van der Waals surface area contributed by atoms with Gasteiger partial charge in [-0.2, -0.15) is 0 Å². The van der Waals surface area contributed by atoms with Crippen molar-refractivity contribution in [2.75, 3.05) is 7.11 Å². The second kappa shape index (κ2) is 7.74. The highest BCUT2D eigenvalue weighted by atomic mass is 35.5. The molecule has 2 heterocycles. The Morgan fingerprint density at radius 1 is 1.10 bits per heavy atom. The number of aromatic nitrogens is 4. The third-order valence-corrected chi connectivity index (χ3v) is 5.91. The smallest absolute Gasteiger partial charge is 0.337 e. The van der Waals surface area contributed by atoms with E-state index in [0.29, 0.717) is 40.9 Å². The zero-order valence-corrected chi connectivity index (χ0v) is 17.7. The van der Waals surface area contributed by atoms with E-state index < -0.39 is 0 Å². The Labute approximate surface area is 183 Å². The summed E-state index contributed by atoms with van der Waals surface area (Å²) in [5, 5.41) is 0.570. The third kappa shape index (κ3) is 3.55. The van der Waals surface area contributed by atoms with Crippen molar-refractivity contribution in [2.24, 2.45) is 5.92 Å². The lowest BCUT2D eigenvalue weighted by Gasteiger charge is -2.13. The highest BCUT2D eigenvalue weighted by Gasteiger charge is 2.26. The molecule has 5 rings (SSSR count). The molecule has 0 unspecified atom stereocenters. The summed E-state index contributed by atoms with van der Waals surface area (Å²) in [5.74, 6) is 1.10.